The summed E-state index contributed by atoms with van der Waals surface area (Å²) in [5, 5.41) is 2.82. The number of ether oxygens (including phenoxy) is 4. The molecule has 2 heterocycles. The van der Waals surface area contributed by atoms with Crippen LogP contribution in [0.3, 0.4) is 0 Å². The summed E-state index contributed by atoms with van der Waals surface area (Å²) in [6, 6.07) is 15.3. The van der Waals surface area contributed by atoms with Gasteiger partial charge in [-0.3, -0.25) is 4.79 Å². The number of hydrogen-bond acceptors (Lipinski definition) is 5. The van der Waals surface area contributed by atoms with Gasteiger partial charge in [-0.25, -0.2) is 0 Å². The molecule has 2 atom stereocenters. The quantitative estimate of drug-likeness (QED) is 0.931. The number of rotatable bonds is 4. The fraction of sp³-hybridized carbons (Fsp3) is 0.278. The van der Waals surface area contributed by atoms with Crippen molar-refractivity contribution in [2.75, 3.05) is 19.9 Å². The smallest absolute Gasteiger partial charge is 0.246 e. The van der Waals surface area contributed by atoms with Crippen LogP contribution >= 0.6 is 0 Å². The third-order valence-corrected chi connectivity index (χ3v) is 4.00. The lowest BCUT2D eigenvalue weighted by Gasteiger charge is -2.31. The minimum absolute atomic E-state index is 0.0402. The summed E-state index contributed by atoms with van der Waals surface area (Å²) in [4.78, 5) is 11.3. The molecule has 0 aliphatic carbocycles. The summed E-state index contributed by atoms with van der Waals surface area (Å²) in [5.41, 5.74) is 0.983. The van der Waals surface area contributed by atoms with Crippen LogP contribution in [0.5, 0.6) is 17.2 Å². The first kappa shape index (κ1) is 14.8. The molecule has 2 aliphatic heterocycles. The van der Waals surface area contributed by atoms with Gasteiger partial charge in [0.25, 0.3) is 0 Å². The molecule has 6 nitrogen and oxygen atoms in total. The first-order valence-electron chi connectivity index (χ1n) is 7.79. The molecule has 0 aromatic heterocycles. The molecule has 4 rings (SSSR count). The van der Waals surface area contributed by atoms with Gasteiger partial charge in [-0.05, 0) is 17.7 Å². The van der Waals surface area contributed by atoms with Gasteiger partial charge in [0.1, 0.15) is 18.5 Å². The standard InChI is InChI=1S/C18H17NO5/c20-17-10-21-16(9-19-17)18(12-4-2-1-3-5-12)24-13-6-7-14-15(8-13)23-11-22-14/h1-8,16,18H,9-11H2,(H,19,20)/t16-,18-/m0/s1. The number of benzene rings is 2. The molecule has 0 bridgehead atoms. The van der Waals surface area contributed by atoms with E-state index in [0.717, 1.165) is 5.56 Å². The second-order valence-corrected chi connectivity index (χ2v) is 5.62. The summed E-state index contributed by atoms with van der Waals surface area (Å²) in [7, 11) is 0. The van der Waals surface area contributed by atoms with Crippen LogP contribution in [0, 0.1) is 0 Å². The summed E-state index contributed by atoms with van der Waals surface area (Å²) < 4.78 is 22.6. The van der Waals surface area contributed by atoms with Gasteiger partial charge in [0, 0.05) is 12.6 Å². The highest BCUT2D eigenvalue weighted by Crippen LogP contribution is 2.37. The predicted octanol–water partition coefficient (Wildman–Crippen LogP) is 2.05. The lowest BCUT2D eigenvalue weighted by molar-refractivity contribution is -0.137. The van der Waals surface area contributed by atoms with Crippen molar-refractivity contribution in [3.05, 3.63) is 54.1 Å². The van der Waals surface area contributed by atoms with E-state index in [1.165, 1.54) is 0 Å². The van der Waals surface area contributed by atoms with E-state index < -0.39 is 0 Å². The molecular formula is C18H17NO5. The molecule has 2 aromatic carbocycles. The molecule has 1 saturated heterocycles. The minimum Gasteiger partial charge on any atom is -0.483 e. The van der Waals surface area contributed by atoms with Crippen LogP contribution in [-0.4, -0.2) is 32.0 Å². The third kappa shape index (κ3) is 3.00. The Bertz CT molecular complexity index is 723. The number of morpholine rings is 1. The first-order valence-corrected chi connectivity index (χ1v) is 7.79. The van der Waals surface area contributed by atoms with Crippen molar-refractivity contribution in [3.63, 3.8) is 0 Å². The summed E-state index contributed by atoms with van der Waals surface area (Å²) >= 11 is 0. The minimum atomic E-state index is -0.341. The van der Waals surface area contributed by atoms with Crippen LogP contribution in [0.25, 0.3) is 0 Å². The maximum Gasteiger partial charge on any atom is 0.246 e. The van der Waals surface area contributed by atoms with Crippen LogP contribution in [0.4, 0.5) is 0 Å². The predicted molar refractivity (Wildman–Crippen MR) is 85.1 cm³/mol. The SMILES string of the molecule is O=C1CO[C@H]([C@@H](Oc2ccc3c(c2)OCO3)c2ccccc2)CN1. The van der Waals surface area contributed by atoms with Crippen molar-refractivity contribution in [1.82, 2.24) is 5.32 Å². The molecule has 0 saturated carbocycles. The van der Waals surface area contributed by atoms with Crippen molar-refractivity contribution in [1.29, 1.82) is 0 Å². The third-order valence-electron chi connectivity index (χ3n) is 4.00. The number of carbonyl (C=O) groups excluding carboxylic acids is 1. The highest BCUT2D eigenvalue weighted by molar-refractivity contribution is 5.77. The second-order valence-electron chi connectivity index (χ2n) is 5.62. The topological polar surface area (TPSA) is 66.0 Å². The maximum atomic E-state index is 11.3. The number of fused-ring (bicyclic) bond motifs is 1. The molecule has 1 fully saturated rings. The molecule has 6 heteroatoms. The second kappa shape index (κ2) is 6.41. The van der Waals surface area contributed by atoms with Gasteiger partial charge in [-0.1, -0.05) is 30.3 Å². The van der Waals surface area contributed by atoms with Crippen molar-refractivity contribution in [2.45, 2.75) is 12.2 Å². The zero-order valence-corrected chi connectivity index (χ0v) is 12.9. The van der Waals surface area contributed by atoms with Crippen LogP contribution < -0.4 is 19.5 Å². The number of carbonyl (C=O) groups is 1. The van der Waals surface area contributed by atoms with Crippen LogP contribution in [-0.2, 0) is 9.53 Å². The average Bonchev–Trinajstić information content (AvgIpc) is 3.09. The Morgan fingerprint density at radius 1 is 1.08 bits per heavy atom. The zero-order valence-electron chi connectivity index (χ0n) is 12.9. The van der Waals surface area contributed by atoms with Gasteiger partial charge >= 0.3 is 0 Å². The Morgan fingerprint density at radius 2 is 1.92 bits per heavy atom. The van der Waals surface area contributed by atoms with Crippen molar-refractivity contribution >= 4 is 5.91 Å². The molecule has 0 unspecified atom stereocenters. The van der Waals surface area contributed by atoms with E-state index >= 15 is 0 Å². The van der Waals surface area contributed by atoms with Crippen LogP contribution in [0.2, 0.25) is 0 Å². The highest BCUT2D eigenvalue weighted by Gasteiger charge is 2.30. The van der Waals surface area contributed by atoms with Crippen molar-refractivity contribution in [3.8, 4) is 17.2 Å². The van der Waals surface area contributed by atoms with Gasteiger partial charge in [-0.15, -0.1) is 0 Å². The Balaban J connectivity index is 1.59. The lowest BCUT2D eigenvalue weighted by Crippen LogP contribution is -2.46. The van der Waals surface area contributed by atoms with Gasteiger partial charge in [0.05, 0.1) is 0 Å². The molecule has 0 radical (unpaired) electrons. The largest absolute Gasteiger partial charge is 0.483 e. The Hall–Kier alpha value is -2.73. The highest BCUT2D eigenvalue weighted by atomic mass is 16.7. The molecular weight excluding hydrogens is 310 g/mol. The fourth-order valence-corrected chi connectivity index (χ4v) is 2.80. The average molecular weight is 327 g/mol. The Morgan fingerprint density at radius 3 is 2.71 bits per heavy atom. The number of amides is 1. The van der Waals surface area contributed by atoms with E-state index in [2.05, 4.69) is 5.32 Å². The molecule has 2 aliphatic rings. The summed E-state index contributed by atoms with van der Waals surface area (Å²) in [5.74, 6) is 1.92. The van der Waals surface area contributed by atoms with Crippen LogP contribution in [0.15, 0.2) is 48.5 Å². The van der Waals surface area contributed by atoms with Gasteiger partial charge in [0.15, 0.2) is 17.6 Å². The van der Waals surface area contributed by atoms with E-state index in [0.29, 0.717) is 23.8 Å². The van der Waals surface area contributed by atoms with E-state index in [1.54, 1.807) is 6.07 Å². The van der Waals surface area contributed by atoms with Crippen molar-refractivity contribution in [2.24, 2.45) is 0 Å². The Kier molecular flexibility index (Phi) is 3.96. The summed E-state index contributed by atoms with van der Waals surface area (Å²) in [6.07, 6.45) is -0.609. The monoisotopic (exact) mass is 327 g/mol. The van der Waals surface area contributed by atoms with E-state index in [4.69, 9.17) is 18.9 Å². The summed E-state index contributed by atoms with van der Waals surface area (Å²) in [6.45, 7) is 0.667. The number of hydrogen-bond donors (Lipinski definition) is 1. The zero-order chi connectivity index (χ0) is 16.4. The molecule has 1 N–H and O–H groups in total. The molecule has 24 heavy (non-hydrogen) atoms. The van der Waals surface area contributed by atoms with Gasteiger partial charge < -0.3 is 24.3 Å². The van der Waals surface area contributed by atoms with E-state index in [9.17, 15) is 4.79 Å². The molecule has 1 amide bonds. The Labute approximate surface area is 139 Å². The molecule has 0 spiro atoms. The van der Waals surface area contributed by atoms with Gasteiger partial charge in [0.2, 0.25) is 12.7 Å². The maximum absolute atomic E-state index is 11.3. The normalized spacial score (nSPS) is 20.3. The molecule has 2 aromatic rings. The van der Waals surface area contributed by atoms with Gasteiger partial charge in [-0.2, -0.15) is 0 Å². The van der Waals surface area contributed by atoms with E-state index in [-0.39, 0.29) is 31.5 Å². The number of nitrogens with one attached hydrogen (secondary N) is 1. The van der Waals surface area contributed by atoms with Crippen molar-refractivity contribution < 1.29 is 23.7 Å². The fourth-order valence-electron chi connectivity index (χ4n) is 2.80. The first-order chi connectivity index (χ1) is 11.8. The van der Waals surface area contributed by atoms with E-state index in [1.807, 2.05) is 42.5 Å². The lowest BCUT2D eigenvalue weighted by atomic mass is 10.0. The molecule has 124 valence electrons. The van der Waals surface area contributed by atoms with Crippen LogP contribution in [0.1, 0.15) is 11.7 Å².